The zero-order valence-corrected chi connectivity index (χ0v) is 14.5. The van der Waals surface area contributed by atoms with E-state index in [1.807, 2.05) is 44.2 Å². The summed E-state index contributed by atoms with van der Waals surface area (Å²) in [6.45, 7) is 5.88. The number of hydrogen-bond donors (Lipinski definition) is 1. The van der Waals surface area contributed by atoms with Crippen molar-refractivity contribution in [2.75, 3.05) is 23.3 Å². The Morgan fingerprint density at radius 2 is 2.00 bits per heavy atom. The monoisotopic (exact) mass is 335 g/mol. The smallest absolute Gasteiger partial charge is 0.266 e. The third-order valence-electron chi connectivity index (χ3n) is 4.31. The van der Waals surface area contributed by atoms with Gasteiger partial charge < -0.3 is 14.6 Å². The van der Waals surface area contributed by atoms with Crippen LogP contribution in [0, 0.1) is 25.2 Å². The van der Waals surface area contributed by atoms with Crippen LogP contribution in [-0.2, 0) is 4.79 Å². The van der Waals surface area contributed by atoms with Crippen LogP contribution in [0.2, 0.25) is 0 Å². The van der Waals surface area contributed by atoms with Crippen molar-refractivity contribution >= 4 is 23.6 Å². The van der Waals surface area contributed by atoms with Gasteiger partial charge in [0, 0.05) is 30.9 Å². The van der Waals surface area contributed by atoms with Crippen molar-refractivity contribution in [3.8, 4) is 6.07 Å². The third kappa shape index (κ3) is 3.92. The second-order valence-corrected chi connectivity index (χ2v) is 6.31. The first-order valence-corrected chi connectivity index (χ1v) is 8.42. The molecular weight excluding hydrogens is 314 g/mol. The van der Waals surface area contributed by atoms with E-state index < -0.39 is 5.91 Å². The Kier molecular flexibility index (Phi) is 4.90. The second kappa shape index (κ2) is 7.27. The molecule has 128 valence electrons. The van der Waals surface area contributed by atoms with E-state index in [1.165, 1.54) is 6.08 Å². The highest BCUT2D eigenvalue weighted by atomic mass is 16.4. The average Bonchev–Trinajstić information content (AvgIpc) is 3.26. The normalized spacial score (nSPS) is 14.4. The van der Waals surface area contributed by atoms with E-state index in [0.717, 1.165) is 42.9 Å². The lowest BCUT2D eigenvalue weighted by Crippen LogP contribution is -2.16. The SMILES string of the molecule is Cc1ccc(NC(=O)/C(C#N)=C\c2ccc(N3CCCC3)o2)c(C)c1. The molecule has 25 heavy (non-hydrogen) atoms. The van der Waals surface area contributed by atoms with Crippen LogP contribution in [0.25, 0.3) is 6.08 Å². The van der Waals surface area contributed by atoms with Crippen molar-refractivity contribution in [3.63, 3.8) is 0 Å². The molecule has 2 heterocycles. The standard InChI is InChI=1S/C20H21N3O2/c1-14-5-7-18(15(2)11-14)22-20(24)16(13-21)12-17-6-8-19(25-17)23-9-3-4-10-23/h5-8,11-12H,3-4,9-10H2,1-2H3,(H,22,24)/b16-12-. The number of nitriles is 1. The van der Waals surface area contributed by atoms with Gasteiger partial charge in [0.15, 0.2) is 5.88 Å². The minimum atomic E-state index is -0.437. The Morgan fingerprint density at radius 3 is 2.68 bits per heavy atom. The van der Waals surface area contributed by atoms with Gasteiger partial charge in [-0.25, -0.2) is 0 Å². The largest absolute Gasteiger partial charge is 0.441 e. The lowest BCUT2D eigenvalue weighted by atomic mass is 10.1. The number of carbonyl (C=O) groups excluding carboxylic acids is 1. The first kappa shape index (κ1) is 16.8. The summed E-state index contributed by atoms with van der Waals surface area (Å²) in [5, 5.41) is 12.1. The van der Waals surface area contributed by atoms with Gasteiger partial charge >= 0.3 is 0 Å². The number of nitrogens with zero attached hydrogens (tertiary/aromatic N) is 2. The van der Waals surface area contributed by atoms with Gasteiger partial charge in [0.25, 0.3) is 5.91 Å². The summed E-state index contributed by atoms with van der Waals surface area (Å²) in [5.74, 6) is 0.860. The minimum Gasteiger partial charge on any atom is -0.441 e. The van der Waals surface area contributed by atoms with Gasteiger partial charge in [-0.2, -0.15) is 5.26 Å². The Balaban J connectivity index is 1.75. The number of nitrogens with one attached hydrogen (secondary N) is 1. The van der Waals surface area contributed by atoms with E-state index in [-0.39, 0.29) is 5.57 Å². The van der Waals surface area contributed by atoms with Gasteiger partial charge in [-0.1, -0.05) is 17.7 Å². The number of carbonyl (C=O) groups is 1. The zero-order chi connectivity index (χ0) is 17.8. The van der Waals surface area contributed by atoms with Crippen molar-refractivity contribution in [3.05, 3.63) is 52.8 Å². The first-order valence-electron chi connectivity index (χ1n) is 8.42. The van der Waals surface area contributed by atoms with Crippen molar-refractivity contribution in [2.45, 2.75) is 26.7 Å². The van der Waals surface area contributed by atoms with Gasteiger partial charge in [0.2, 0.25) is 0 Å². The Bertz CT molecular complexity index is 852. The molecule has 1 aromatic heterocycles. The van der Waals surface area contributed by atoms with Crippen molar-refractivity contribution in [1.82, 2.24) is 0 Å². The van der Waals surface area contributed by atoms with Crippen LogP contribution in [0.1, 0.15) is 29.7 Å². The molecular formula is C20H21N3O2. The predicted octanol–water partition coefficient (Wildman–Crippen LogP) is 4.04. The zero-order valence-electron chi connectivity index (χ0n) is 14.5. The summed E-state index contributed by atoms with van der Waals surface area (Å²) >= 11 is 0. The van der Waals surface area contributed by atoms with Gasteiger partial charge in [0.05, 0.1) is 0 Å². The maximum Gasteiger partial charge on any atom is 0.266 e. The highest BCUT2D eigenvalue weighted by molar-refractivity contribution is 6.09. The summed E-state index contributed by atoms with van der Waals surface area (Å²) in [4.78, 5) is 14.6. The molecule has 0 bridgehead atoms. The van der Waals surface area contributed by atoms with E-state index in [1.54, 1.807) is 6.07 Å². The van der Waals surface area contributed by atoms with Crippen LogP contribution in [0.4, 0.5) is 11.6 Å². The van der Waals surface area contributed by atoms with Crippen LogP contribution in [0.15, 0.2) is 40.3 Å². The first-order chi connectivity index (χ1) is 12.1. The van der Waals surface area contributed by atoms with Crippen LogP contribution < -0.4 is 10.2 Å². The molecule has 1 amide bonds. The van der Waals surface area contributed by atoms with Crippen molar-refractivity contribution in [2.24, 2.45) is 0 Å². The molecule has 1 aliphatic heterocycles. The molecule has 1 N–H and O–H groups in total. The highest BCUT2D eigenvalue weighted by Gasteiger charge is 2.16. The molecule has 0 atom stereocenters. The van der Waals surface area contributed by atoms with Crippen LogP contribution in [-0.4, -0.2) is 19.0 Å². The van der Waals surface area contributed by atoms with Crippen LogP contribution in [0.3, 0.4) is 0 Å². The molecule has 2 aromatic rings. The van der Waals surface area contributed by atoms with Crippen molar-refractivity contribution in [1.29, 1.82) is 5.26 Å². The van der Waals surface area contributed by atoms with Gasteiger partial charge in [0.1, 0.15) is 17.4 Å². The van der Waals surface area contributed by atoms with E-state index in [9.17, 15) is 10.1 Å². The summed E-state index contributed by atoms with van der Waals surface area (Å²) in [6.07, 6.45) is 3.81. The second-order valence-electron chi connectivity index (χ2n) is 6.31. The quantitative estimate of drug-likeness (QED) is 0.676. The van der Waals surface area contributed by atoms with Gasteiger partial charge in [-0.15, -0.1) is 0 Å². The number of furan rings is 1. The fraction of sp³-hybridized carbons (Fsp3) is 0.300. The molecule has 3 rings (SSSR count). The molecule has 0 radical (unpaired) electrons. The molecule has 1 aromatic carbocycles. The molecule has 5 heteroatoms. The maximum atomic E-state index is 12.4. The Hall–Kier alpha value is -3.00. The Morgan fingerprint density at radius 1 is 1.24 bits per heavy atom. The molecule has 0 aliphatic carbocycles. The predicted molar refractivity (Wildman–Crippen MR) is 98.3 cm³/mol. The Labute approximate surface area is 147 Å². The van der Waals surface area contributed by atoms with E-state index >= 15 is 0 Å². The number of rotatable bonds is 4. The summed E-state index contributed by atoms with van der Waals surface area (Å²) in [7, 11) is 0. The molecule has 1 fully saturated rings. The third-order valence-corrected chi connectivity index (χ3v) is 4.31. The number of anilines is 2. The lowest BCUT2D eigenvalue weighted by molar-refractivity contribution is -0.112. The van der Waals surface area contributed by atoms with Crippen LogP contribution >= 0.6 is 0 Å². The van der Waals surface area contributed by atoms with E-state index in [2.05, 4.69) is 10.2 Å². The molecule has 0 unspecified atom stereocenters. The number of amides is 1. The van der Waals surface area contributed by atoms with Gasteiger partial charge in [-0.3, -0.25) is 4.79 Å². The fourth-order valence-electron chi connectivity index (χ4n) is 2.96. The summed E-state index contributed by atoms with van der Waals surface area (Å²) in [5.41, 5.74) is 2.80. The van der Waals surface area contributed by atoms with Crippen molar-refractivity contribution < 1.29 is 9.21 Å². The van der Waals surface area contributed by atoms with E-state index in [0.29, 0.717) is 11.4 Å². The maximum absolute atomic E-state index is 12.4. The topological polar surface area (TPSA) is 69.3 Å². The minimum absolute atomic E-state index is 0.0160. The number of aryl methyl sites for hydroxylation is 2. The summed E-state index contributed by atoms with van der Waals surface area (Å²) < 4.78 is 5.76. The van der Waals surface area contributed by atoms with E-state index in [4.69, 9.17) is 4.42 Å². The molecule has 1 saturated heterocycles. The molecule has 0 spiro atoms. The molecule has 5 nitrogen and oxygen atoms in total. The highest BCUT2D eigenvalue weighted by Crippen LogP contribution is 2.24. The summed E-state index contributed by atoms with van der Waals surface area (Å²) in [6, 6.07) is 11.4. The fourth-order valence-corrected chi connectivity index (χ4v) is 2.96. The molecule has 0 saturated carbocycles. The number of benzene rings is 1. The molecule has 1 aliphatic rings. The average molecular weight is 335 g/mol. The number of hydrogen-bond acceptors (Lipinski definition) is 4. The van der Waals surface area contributed by atoms with Crippen LogP contribution in [0.5, 0.6) is 0 Å². The van der Waals surface area contributed by atoms with Gasteiger partial charge in [-0.05, 0) is 44.4 Å². The lowest BCUT2D eigenvalue weighted by Gasteiger charge is -2.12.